The van der Waals surface area contributed by atoms with E-state index < -0.39 is 0 Å². The van der Waals surface area contributed by atoms with Crippen molar-refractivity contribution in [2.45, 2.75) is 26.8 Å². The Morgan fingerprint density at radius 1 is 1.11 bits per heavy atom. The van der Waals surface area contributed by atoms with Crippen LogP contribution in [-0.4, -0.2) is 9.97 Å². The van der Waals surface area contributed by atoms with E-state index >= 15 is 0 Å². The topological polar surface area (TPSA) is 77.8 Å². The maximum Gasteiger partial charge on any atom is 0.128 e. The molecule has 94 valence electrons. The van der Waals surface area contributed by atoms with Crippen LogP contribution in [0.15, 0.2) is 24.4 Å². The second kappa shape index (κ2) is 4.74. The number of aromatic nitrogens is 2. The van der Waals surface area contributed by atoms with Gasteiger partial charge in [0.1, 0.15) is 5.82 Å². The lowest BCUT2D eigenvalue weighted by molar-refractivity contribution is 0.847. The Bertz CT molecular complexity index is 538. The van der Waals surface area contributed by atoms with Gasteiger partial charge in [0, 0.05) is 23.1 Å². The first kappa shape index (κ1) is 12.5. The normalized spacial score (nSPS) is 12.4. The second-order valence-electron chi connectivity index (χ2n) is 4.59. The molecule has 1 atom stereocenters. The average Bonchev–Trinajstić information content (AvgIpc) is 2.27. The number of nitrogens with zero attached hydrogens (tertiary/aromatic N) is 2. The van der Waals surface area contributed by atoms with Crippen LogP contribution in [0.1, 0.15) is 34.1 Å². The molecule has 0 saturated carbocycles. The highest BCUT2D eigenvalue weighted by atomic mass is 14.8. The minimum absolute atomic E-state index is 0.265. The first-order valence-corrected chi connectivity index (χ1v) is 5.91. The molecular weight excluding hydrogens is 224 g/mol. The molecule has 0 amide bonds. The Labute approximate surface area is 107 Å². The molecule has 0 radical (unpaired) electrons. The zero-order valence-electron chi connectivity index (χ0n) is 10.9. The van der Waals surface area contributed by atoms with Gasteiger partial charge in [0.2, 0.25) is 0 Å². The molecule has 4 N–H and O–H groups in total. The van der Waals surface area contributed by atoms with Crippen LogP contribution in [-0.2, 0) is 0 Å². The minimum Gasteiger partial charge on any atom is -0.383 e. The van der Waals surface area contributed by atoms with Crippen molar-refractivity contribution in [2.75, 3.05) is 5.73 Å². The van der Waals surface area contributed by atoms with E-state index in [4.69, 9.17) is 11.5 Å². The Morgan fingerprint density at radius 3 is 2.28 bits per heavy atom. The molecule has 2 aromatic heterocycles. The summed E-state index contributed by atoms with van der Waals surface area (Å²) in [6.45, 7) is 5.92. The summed E-state index contributed by atoms with van der Waals surface area (Å²) in [5, 5.41) is 0. The summed E-state index contributed by atoms with van der Waals surface area (Å²) < 4.78 is 0. The van der Waals surface area contributed by atoms with Gasteiger partial charge in [0.15, 0.2) is 0 Å². The lowest BCUT2D eigenvalue weighted by Gasteiger charge is -2.17. The van der Waals surface area contributed by atoms with Crippen LogP contribution in [0, 0.1) is 20.8 Å². The van der Waals surface area contributed by atoms with Crippen LogP contribution < -0.4 is 11.5 Å². The van der Waals surface area contributed by atoms with Crippen molar-refractivity contribution >= 4 is 5.82 Å². The van der Waals surface area contributed by atoms with Gasteiger partial charge < -0.3 is 11.5 Å². The molecule has 0 fully saturated rings. The molecule has 0 spiro atoms. The molecule has 2 aromatic rings. The fourth-order valence-corrected chi connectivity index (χ4v) is 2.21. The third-order valence-corrected chi connectivity index (χ3v) is 3.01. The summed E-state index contributed by atoms with van der Waals surface area (Å²) in [5.74, 6) is 0.495. The van der Waals surface area contributed by atoms with Crippen molar-refractivity contribution < 1.29 is 0 Å². The molecule has 0 aliphatic heterocycles. The Hall–Kier alpha value is -1.94. The first-order chi connectivity index (χ1) is 8.49. The molecule has 1 unspecified atom stereocenters. The van der Waals surface area contributed by atoms with Gasteiger partial charge in [-0.25, -0.2) is 4.98 Å². The van der Waals surface area contributed by atoms with Gasteiger partial charge in [-0.05, 0) is 50.1 Å². The molecule has 4 heteroatoms. The molecule has 0 aliphatic rings. The third-order valence-electron chi connectivity index (χ3n) is 3.01. The number of pyridine rings is 2. The predicted octanol–water partition coefficient (Wildman–Crippen LogP) is 2.03. The molecule has 0 aromatic carbocycles. The minimum atomic E-state index is -0.265. The van der Waals surface area contributed by atoms with Crippen molar-refractivity contribution in [1.82, 2.24) is 9.97 Å². The number of hydrogen-bond acceptors (Lipinski definition) is 4. The van der Waals surface area contributed by atoms with Crippen LogP contribution in [0.5, 0.6) is 0 Å². The standard InChI is InChI=1S/C14H18N4/c1-8-4-5-17-14(16)12(8)13(15)11-6-9(2)18-10(3)7-11/h4-7,13H,15H2,1-3H3,(H2,16,17). The summed E-state index contributed by atoms with van der Waals surface area (Å²) in [5.41, 5.74) is 17.1. The van der Waals surface area contributed by atoms with Gasteiger partial charge in [-0.3, -0.25) is 4.98 Å². The molecule has 0 saturated heterocycles. The van der Waals surface area contributed by atoms with Gasteiger partial charge >= 0.3 is 0 Å². The number of nitrogen functional groups attached to an aromatic ring is 1. The molecule has 4 nitrogen and oxygen atoms in total. The van der Waals surface area contributed by atoms with Crippen molar-refractivity contribution in [3.63, 3.8) is 0 Å². The van der Waals surface area contributed by atoms with Crippen molar-refractivity contribution in [1.29, 1.82) is 0 Å². The van der Waals surface area contributed by atoms with Gasteiger partial charge in [-0.1, -0.05) is 0 Å². The number of hydrogen-bond donors (Lipinski definition) is 2. The Morgan fingerprint density at radius 2 is 1.72 bits per heavy atom. The highest BCUT2D eigenvalue weighted by Crippen LogP contribution is 2.26. The van der Waals surface area contributed by atoms with E-state index in [2.05, 4.69) is 9.97 Å². The highest BCUT2D eigenvalue weighted by Gasteiger charge is 2.16. The van der Waals surface area contributed by atoms with E-state index in [1.54, 1.807) is 6.20 Å². The van der Waals surface area contributed by atoms with E-state index in [-0.39, 0.29) is 6.04 Å². The summed E-state index contributed by atoms with van der Waals surface area (Å²) in [6, 6.07) is 5.64. The van der Waals surface area contributed by atoms with E-state index in [9.17, 15) is 0 Å². The van der Waals surface area contributed by atoms with Crippen molar-refractivity contribution in [3.8, 4) is 0 Å². The van der Waals surface area contributed by atoms with Crippen LogP contribution >= 0.6 is 0 Å². The maximum atomic E-state index is 6.31. The quantitative estimate of drug-likeness (QED) is 0.844. The molecule has 18 heavy (non-hydrogen) atoms. The Balaban J connectivity index is 2.51. The van der Waals surface area contributed by atoms with E-state index in [1.165, 1.54) is 0 Å². The van der Waals surface area contributed by atoms with Crippen LogP contribution in [0.25, 0.3) is 0 Å². The van der Waals surface area contributed by atoms with Gasteiger partial charge in [0.25, 0.3) is 0 Å². The SMILES string of the molecule is Cc1cc(C(N)c2c(C)ccnc2N)cc(C)n1. The fraction of sp³-hybridized carbons (Fsp3) is 0.286. The Kier molecular flexibility index (Phi) is 3.30. The zero-order valence-corrected chi connectivity index (χ0v) is 10.9. The molecule has 0 bridgehead atoms. The average molecular weight is 242 g/mol. The van der Waals surface area contributed by atoms with E-state index in [1.807, 2.05) is 39.0 Å². The number of aryl methyl sites for hydroxylation is 3. The second-order valence-corrected chi connectivity index (χ2v) is 4.59. The molecule has 2 heterocycles. The maximum absolute atomic E-state index is 6.31. The molecular formula is C14H18N4. The number of nitrogens with two attached hydrogens (primary N) is 2. The van der Waals surface area contributed by atoms with Crippen LogP contribution in [0.4, 0.5) is 5.82 Å². The third kappa shape index (κ3) is 2.33. The van der Waals surface area contributed by atoms with Gasteiger partial charge in [-0.15, -0.1) is 0 Å². The first-order valence-electron chi connectivity index (χ1n) is 5.91. The molecule has 0 aliphatic carbocycles. The lowest BCUT2D eigenvalue weighted by atomic mass is 9.96. The predicted molar refractivity (Wildman–Crippen MR) is 73.1 cm³/mol. The fourth-order valence-electron chi connectivity index (χ4n) is 2.21. The summed E-state index contributed by atoms with van der Waals surface area (Å²) in [4.78, 5) is 8.47. The smallest absolute Gasteiger partial charge is 0.128 e. The monoisotopic (exact) mass is 242 g/mol. The van der Waals surface area contributed by atoms with Crippen LogP contribution in [0.2, 0.25) is 0 Å². The van der Waals surface area contributed by atoms with Gasteiger partial charge in [0.05, 0.1) is 6.04 Å². The summed E-state index contributed by atoms with van der Waals surface area (Å²) in [7, 11) is 0. The van der Waals surface area contributed by atoms with Gasteiger partial charge in [-0.2, -0.15) is 0 Å². The molecule has 2 rings (SSSR count). The van der Waals surface area contributed by atoms with E-state index in [0.29, 0.717) is 5.82 Å². The van der Waals surface area contributed by atoms with Crippen molar-refractivity contribution in [3.05, 3.63) is 52.5 Å². The largest absolute Gasteiger partial charge is 0.383 e. The summed E-state index contributed by atoms with van der Waals surface area (Å²) in [6.07, 6.45) is 1.70. The zero-order chi connectivity index (χ0) is 13.3. The van der Waals surface area contributed by atoms with Crippen LogP contribution in [0.3, 0.4) is 0 Å². The number of anilines is 1. The lowest BCUT2D eigenvalue weighted by Crippen LogP contribution is -2.16. The summed E-state index contributed by atoms with van der Waals surface area (Å²) >= 11 is 0. The van der Waals surface area contributed by atoms with E-state index in [0.717, 1.165) is 28.1 Å². The van der Waals surface area contributed by atoms with Crippen molar-refractivity contribution in [2.24, 2.45) is 5.73 Å². The number of rotatable bonds is 2. The highest BCUT2D eigenvalue weighted by molar-refractivity contribution is 5.49.